The molecule has 1 aromatic carbocycles. The largest absolute Gasteiger partial charge is 0.410 e. The van der Waals surface area contributed by atoms with E-state index in [0.717, 1.165) is 5.56 Å². The molecule has 1 unspecified atom stereocenters. The maximum atomic E-state index is 8.59. The summed E-state index contributed by atoms with van der Waals surface area (Å²) in [5, 5.41) is 11.5. The van der Waals surface area contributed by atoms with Crippen LogP contribution in [0.1, 0.15) is 11.7 Å². The molecule has 1 rings (SSSR count). The van der Waals surface area contributed by atoms with Crippen LogP contribution in [0.3, 0.4) is 0 Å². The summed E-state index contributed by atoms with van der Waals surface area (Å²) >= 11 is 5.71. The average Bonchev–Trinajstić information content (AvgIpc) is 2.30. The van der Waals surface area contributed by atoms with Gasteiger partial charge in [0, 0.05) is 0 Å². The van der Waals surface area contributed by atoms with E-state index in [0.29, 0.717) is 0 Å². The summed E-state index contributed by atoms with van der Waals surface area (Å²) in [6, 6.07) is 9.17. The molecule has 0 bridgehead atoms. The van der Waals surface area contributed by atoms with E-state index >= 15 is 0 Å². The van der Waals surface area contributed by atoms with Crippen molar-refractivity contribution in [2.75, 3.05) is 6.61 Å². The van der Waals surface area contributed by atoms with Crippen molar-refractivity contribution in [3.8, 4) is 12.3 Å². The third-order valence-corrected chi connectivity index (χ3v) is 2.02. The Morgan fingerprint density at radius 2 is 2.20 bits per heavy atom. The Balaban J connectivity index is 2.87. The number of hydrogen-bond acceptors (Lipinski definition) is 3. The van der Waals surface area contributed by atoms with Gasteiger partial charge in [-0.1, -0.05) is 53.0 Å². The molecule has 0 aliphatic carbocycles. The molecular weight excluding hydrogens is 214 g/mol. The van der Waals surface area contributed by atoms with Crippen molar-refractivity contribution < 1.29 is 9.94 Å². The van der Waals surface area contributed by atoms with Gasteiger partial charge in [-0.2, -0.15) is 0 Å². The van der Waals surface area contributed by atoms with Gasteiger partial charge in [-0.15, -0.1) is 6.42 Å². The molecule has 0 fully saturated rings. The van der Waals surface area contributed by atoms with Crippen LogP contribution in [0.5, 0.6) is 0 Å². The lowest BCUT2D eigenvalue weighted by Gasteiger charge is -2.13. The van der Waals surface area contributed by atoms with Gasteiger partial charge in [-0.3, -0.25) is 0 Å². The monoisotopic (exact) mass is 223 g/mol. The Morgan fingerprint density at radius 1 is 1.53 bits per heavy atom. The van der Waals surface area contributed by atoms with E-state index in [-0.39, 0.29) is 11.8 Å². The van der Waals surface area contributed by atoms with Gasteiger partial charge in [-0.25, -0.2) is 0 Å². The van der Waals surface area contributed by atoms with Crippen molar-refractivity contribution in [1.29, 1.82) is 0 Å². The van der Waals surface area contributed by atoms with Crippen molar-refractivity contribution in [3.63, 3.8) is 0 Å². The topological polar surface area (TPSA) is 41.8 Å². The number of benzene rings is 1. The first-order valence-electron chi connectivity index (χ1n) is 4.27. The minimum absolute atomic E-state index is 0.0450. The van der Waals surface area contributed by atoms with Gasteiger partial charge in [0.25, 0.3) is 0 Å². The minimum Gasteiger partial charge on any atom is -0.410 e. The third-order valence-electron chi connectivity index (χ3n) is 1.75. The summed E-state index contributed by atoms with van der Waals surface area (Å²) < 4.78 is 5.27. The van der Waals surface area contributed by atoms with Crippen LogP contribution >= 0.6 is 11.6 Å². The number of hydrogen-bond donors (Lipinski definition) is 1. The summed E-state index contributed by atoms with van der Waals surface area (Å²) in [7, 11) is 0. The number of oxime groups is 1. The summed E-state index contributed by atoms with van der Waals surface area (Å²) in [6.45, 7) is 0.102. The van der Waals surface area contributed by atoms with Crippen LogP contribution in [0.25, 0.3) is 0 Å². The maximum Gasteiger partial charge on any atom is 0.178 e. The number of halogens is 1. The Morgan fingerprint density at radius 3 is 2.73 bits per heavy atom. The molecule has 0 aromatic heterocycles. The Bertz CT molecular complexity index is 370. The van der Waals surface area contributed by atoms with Crippen LogP contribution in [0.15, 0.2) is 35.5 Å². The zero-order valence-corrected chi connectivity index (χ0v) is 8.69. The zero-order valence-electron chi connectivity index (χ0n) is 7.93. The molecule has 78 valence electrons. The molecule has 1 N–H and O–H groups in total. The predicted octanol–water partition coefficient (Wildman–Crippen LogP) is 2.40. The third kappa shape index (κ3) is 3.28. The predicted molar refractivity (Wildman–Crippen MR) is 59.0 cm³/mol. The fourth-order valence-corrected chi connectivity index (χ4v) is 1.30. The summed E-state index contributed by atoms with van der Waals surface area (Å²) in [6.07, 6.45) is 4.46. The SMILES string of the molecule is C#CCOC(/C(Cl)=N\O)c1ccccc1. The highest BCUT2D eigenvalue weighted by molar-refractivity contribution is 6.66. The second-order valence-electron chi connectivity index (χ2n) is 2.73. The molecule has 1 atom stereocenters. The van der Waals surface area contributed by atoms with Crippen LogP contribution < -0.4 is 0 Å². The lowest BCUT2D eigenvalue weighted by atomic mass is 10.1. The molecule has 0 saturated carbocycles. The van der Waals surface area contributed by atoms with Crippen molar-refractivity contribution >= 4 is 16.8 Å². The van der Waals surface area contributed by atoms with E-state index in [9.17, 15) is 0 Å². The fraction of sp³-hybridized carbons (Fsp3) is 0.182. The van der Waals surface area contributed by atoms with Gasteiger partial charge in [0.15, 0.2) is 5.17 Å². The molecule has 0 heterocycles. The quantitative estimate of drug-likeness (QED) is 0.369. The molecule has 0 aliphatic rings. The second-order valence-corrected chi connectivity index (χ2v) is 3.12. The number of terminal acetylenes is 1. The smallest absolute Gasteiger partial charge is 0.178 e. The Labute approximate surface area is 93.3 Å². The Kier molecular flexibility index (Phi) is 4.69. The highest BCUT2D eigenvalue weighted by Gasteiger charge is 2.17. The summed E-state index contributed by atoms with van der Waals surface area (Å²) in [5.41, 5.74) is 0.788. The van der Waals surface area contributed by atoms with Gasteiger partial charge >= 0.3 is 0 Å². The number of rotatable bonds is 4. The first-order chi connectivity index (χ1) is 7.29. The van der Waals surface area contributed by atoms with Gasteiger partial charge < -0.3 is 9.94 Å². The lowest BCUT2D eigenvalue weighted by molar-refractivity contribution is 0.127. The highest BCUT2D eigenvalue weighted by Crippen LogP contribution is 2.20. The van der Waals surface area contributed by atoms with E-state index in [1.165, 1.54) is 0 Å². The molecule has 1 aromatic rings. The van der Waals surface area contributed by atoms with Crippen molar-refractivity contribution in [2.45, 2.75) is 6.10 Å². The second kappa shape index (κ2) is 6.07. The fourth-order valence-electron chi connectivity index (χ4n) is 1.11. The molecule has 0 radical (unpaired) electrons. The zero-order chi connectivity index (χ0) is 11.1. The van der Waals surface area contributed by atoms with E-state index in [2.05, 4.69) is 11.1 Å². The standard InChI is InChI=1S/C11H10ClNO2/c1-2-8-15-10(11(12)13-14)9-6-4-3-5-7-9/h1,3-7,10,14H,8H2/b13-11+. The maximum absolute atomic E-state index is 8.59. The van der Waals surface area contributed by atoms with Gasteiger partial charge in [-0.05, 0) is 5.56 Å². The van der Waals surface area contributed by atoms with E-state index in [4.69, 9.17) is 28.0 Å². The van der Waals surface area contributed by atoms with Crippen LogP contribution in [0, 0.1) is 12.3 Å². The summed E-state index contributed by atoms with van der Waals surface area (Å²) in [4.78, 5) is 0. The summed E-state index contributed by atoms with van der Waals surface area (Å²) in [5.74, 6) is 2.33. The van der Waals surface area contributed by atoms with Gasteiger partial charge in [0.1, 0.15) is 12.7 Å². The van der Waals surface area contributed by atoms with Crippen LogP contribution in [0.2, 0.25) is 0 Å². The molecule has 0 amide bonds. The molecule has 0 saturated heterocycles. The Hall–Kier alpha value is -1.50. The highest BCUT2D eigenvalue weighted by atomic mass is 35.5. The average molecular weight is 224 g/mol. The van der Waals surface area contributed by atoms with E-state index < -0.39 is 6.10 Å². The minimum atomic E-state index is -0.617. The van der Waals surface area contributed by atoms with E-state index in [1.807, 2.05) is 30.3 Å². The first-order valence-corrected chi connectivity index (χ1v) is 4.65. The number of nitrogens with zero attached hydrogens (tertiary/aromatic N) is 1. The van der Waals surface area contributed by atoms with Crippen molar-refractivity contribution in [3.05, 3.63) is 35.9 Å². The normalized spacial score (nSPS) is 13.2. The van der Waals surface area contributed by atoms with Crippen LogP contribution in [0.4, 0.5) is 0 Å². The van der Waals surface area contributed by atoms with Gasteiger partial charge in [0.05, 0.1) is 0 Å². The van der Waals surface area contributed by atoms with Crippen molar-refractivity contribution in [1.82, 2.24) is 0 Å². The molecule has 3 nitrogen and oxygen atoms in total. The van der Waals surface area contributed by atoms with Crippen LogP contribution in [-0.2, 0) is 4.74 Å². The van der Waals surface area contributed by atoms with E-state index in [1.54, 1.807) is 0 Å². The molecule has 0 spiro atoms. The molecular formula is C11H10ClNO2. The molecule has 4 heteroatoms. The van der Waals surface area contributed by atoms with Crippen LogP contribution in [-0.4, -0.2) is 17.0 Å². The first kappa shape index (κ1) is 11.6. The molecule has 0 aliphatic heterocycles. The van der Waals surface area contributed by atoms with Crippen molar-refractivity contribution in [2.24, 2.45) is 5.16 Å². The number of ether oxygens (including phenoxy) is 1. The molecule has 15 heavy (non-hydrogen) atoms. The van der Waals surface area contributed by atoms with Gasteiger partial charge in [0.2, 0.25) is 0 Å². The lowest BCUT2D eigenvalue weighted by Crippen LogP contribution is -2.11.